The highest BCUT2D eigenvalue weighted by atomic mass is 35.5. The summed E-state index contributed by atoms with van der Waals surface area (Å²) in [4.78, 5) is 12.9. The van der Waals surface area contributed by atoms with Gasteiger partial charge in [0, 0.05) is 10.6 Å². The minimum atomic E-state index is -0.662. The molecule has 0 aliphatic carbocycles. The van der Waals surface area contributed by atoms with Crippen LogP contribution in [0.15, 0.2) is 89.1 Å². The third-order valence-corrected chi connectivity index (χ3v) is 4.33. The molecule has 0 heterocycles. The summed E-state index contributed by atoms with van der Waals surface area (Å²) >= 11 is 5.98. The lowest BCUT2D eigenvalue weighted by Crippen LogP contribution is -2.31. The summed E-state index contributed by atoms with van der Waals surface area (Å²) in [6.07, 6.45) is 0. The molecule has 0 aromatic heterocycles. The number of nitrogens with zero attached hydrogens (tertiary/aromatic N) is 2. The van der Waals surface area contributed by atoms with E-state index in [0.29, 0.717) is 27.7 Å². The maximum atomic E-state index is 12.9. The lowest BCUT2D eigenvalue weighted by atomic mass is 10.1. The van der Waals surface area contributed by atoms with Gasteiger partial charge in [-0.1, -0.05) is 59.2 Å². The first kappa shape index (κ1) is 20.9. The first-order valence-electron chi connectivity index (χ1n) is 8.94. The van der Waals surface area contributed by atoms with Crippen molar-refractivity contribution in [2.24, 2.45) is 10.3 Å². The van der Waals surface area contributed by atoms with E-state index in [0.717, 1.165) is 0 Å². The van der Waals surface area contributed by atoms with Gasteiger partial charge in [-0.05, 0) is 36.4 Å². The van der Waals surface area contributed by atoms with E-state index in [1.165, 1.54) is 7.11 Å². The zero-order chi connectivity index (χ0) is 21.3. The number of hydrogen-bond donors (Lipinski definition) is 3. The van der Waals surface area contributed by atoms with Gasteiger partial charge in [-0.25, -0.2) is 0 Å². The van der Waals surface area contributed by atoms with Gasteiger partial charge >= 0.3 is 0 Å². The smallest absolute Gasteiger partial charge is 0.280 e. The molecule has 30 heavy (non-hydrogen) atoms. The van der Waals surface area contributed by atoms with Crippen LogP contribution < -0.4 is 15.5 Å². The van der Waals surface area contributed by atoms with Crippen LogP contribution in [0.4, 0.5) is 11.4 Å². The van der Waals surface area contributed by atoms with Crippen molar-refractivity contribution in [3.05, 3.63) is 89.4 Å². The van der Waals surface area contributed by atoms with Crippen LogP contribution >= 0.6 is 11.6 Å². The number of methoxy groups -OCH3 is 1. The van der Waals surface area contributed by atoms with Gasteiger partial charge in [0.25, 0.3) is 5.91 Å². The molecule has 0 saturated heterocycles. The van der Waals surface area contributed by atoms with Crippen LogP contribution in [0.5, 0.6) is 5.75 Å². The Labute approximate surface area is 178 Å². The second kappa shape index (κ2) is 10.1. The molecule has 0 bridgehead atoms. The number of ether oxygens (including phenoxy) is 1. The molecule has 0 spiro atoms. The average Bonchev–Trinajstić information content (AvgIpc) is 2.78. The van der Waals surface area contributed by atoms with E-state index in [1.54, 1.807) is 48.5 Å². The SMILES string of the molecule is COc1ccccc1NC(=O)C(=N\O)/C(=N\Nc1ccccc1)c1ccc(Cl)cc1. The van der Waals surface area contributed by atoms with Crippen LogP contribution in [0.2, 0.25) is 5.02 Å². The van der Waals surface area contributed by atoms with Crippen molar-refractivity contribution in [3.63, 3.8) is 0 Å². The molecular weight excluding hydrogens is 404 g/mol. The van der Waals surface area contributed by atoms with Gasteiger partial charge in [-0.3, -0.25) is 10.2 Å². The number of rotatable bonds is 7. The number of nitrogens with one attached hydrogen (secondary N) is 2. The number of anilines is 2. The predicted octanol–water partition coefficient (Wildman–Crippen LogP) is 4.63. The van der Waals surface area contributed by atoms with Gasteiger partial charge in [0.1, 0.15) is 11.5 Å². The predicted molar refractivity (Wildman–Crippen MR) is 119 cm³/mol. The average molecular weight is 423 g/mol. The third kappa shape index (κ3) is 5.15. The number of hydrazone groups is 1. The Morgan fingerprint density at radius 2 is 1.63 bits per heavy atom. The highest BCUT2D eigenvalue weighted by molar-refractivity contribution is 6.71. The topological polar surface area (TPSA) is 95.3 Å². The molecule has 1 amide bonds. The molecule has 152 valence electrons. The van der Waals surface area contributed by atoms with Crippen LogP contribution in [0, 0.1) is 0 Å². The Kier molecular flexibility index (Phi) is 7.02. The normalized spacial score (nSPS) is 11.7. The van der Waals surface area contributed by atoms with E-state index in [1.807, 2.05) is 30.3 Å². The largest absolute Gasteiger partial charge is 0.495 e. The molecule has 0 radical (unpaired) electrons. The third-order valence-electron chi connectivity index (χ3n) is 4.08. The maximum absolute atomic E-state index is 12.9. The van der Waals surface area contributed by atoms with E-state index in [4.69, 9.17) is 16.3 Å². The van der Waals surface area contributed by atoms with Crippen molar-refractivity contribution >= 4 is 40.3 Å². The minimum absolute atomic E-state index is 0.130. The fourth-order valence-electron chi connectivity index (χ4n) is 2.62. The van der Waals surface area contributed by atoms with E-state index in [2.05, 4.69) is 21.0 Å². The van der Waals surface area contributed by atoms with Crippen molar-refractivity contribution in [1.82, 2.24) is 0 Å². The summed E-state index contributed by atoms with van der Waals surface area (Å²) in [7, 11) is 1.50. The fraction of sp³-hybridized carbons (Fsp3) is 0.0455. The van der Waals surface area contributed by atoms with Gasteiger partial charge < -0.3 is 15.3 Å². The standard InChI is InChI=1S/C22H19ClN4O3/c1-30-19-10-6-5-9-18(19)24-22(28)21(27-29)20(15-11-13-16(23)14-12-15)26-25-17-7-3-2-4-8-17/h2-14,25,29H,1H3,(H,24,28)/b26-20-,27-21-. The summed E-state index contributed by atoms with van der Waals surface area (Å²) in [5.41, 5.74) is 4.38. The van der Waals surface area contributed by atoms with Crippen molar-refractivity contribution in [3.8, 4) is 5.75 Å². The highest BCUT2D eigenvalue weighted by Gasteiger charge is 2.22. The molecule has 0 saturated carbocycles. The number of halogens is 1. The van der Waals surface area contributed by atoms with E-state index in [9.17, 15) is 10.0 Å². The van der Waals surface area contributed by atoms with E-state index >= 15 is 0 Å². The number of benzene rings is 3. The quantitative estimate of drug-likeness (QED) is 0.294. The van der Waals surface area contributed by atoms with Gasteiger partial charge in [-0.15, -0.1) is 0 Å². The summed E-state index contributed by atoms with van der Waals surface area (Å²) in [5.74, 6) is -0.193. The van der Waals surface area contributed by atoms with E-state index in [-0.39, 0.29) is 11.4 Å². The molecule has 7 nitrogen and oxygen atoms in total. The lowest BCUT2D eigenvalue weighted by Gasteiger charge is -2.12. The number of oxime groups is 1. The van der Waals surface area contributed by atoms with Gasteiger partial charge in [0.2, 0.25) is 0 Å². The van der Waals surface area contributed by atoms with Gasteiger partial charge in [-0.2, -0.15) is 5.10 Å². The number of carbonyl (C=O) groups excluding carboxylic acids is 1. The van der Waals surface area contributed by atoms with Crippen LogP contribution in [0.1, 0.15) is 5.56 Å². The van der Waals surface area contributed by atoms with Crippen LogP contribution in [-0.4, -0.2) is 29.6 Å². The molecular formula is C22H19ClN4O3. The van der Waals surface area contributed by atoms with Crippen LogP contribution in [-0.2, 0) is 4.79 Å². The second-order valence-electron chi connectivity index (χ2n) is 6.05. The number of hydrogen-bond acceptors (Lipinski definition) is 6. The Morgan fingerprint density at radius 3 is 2.30 bits per heavy atom. The molecule has 3 rings (SSSR count). The molecule has 8 heteroatoms. The molecule has 0 unspecified atom stereocenters. The highest BCUT2D eigenvalue weighted by Crippen LogP contribution is 2.23. The summed E-state index contributed by atoms with van der Waals surface area (Å²) < 4.78 is 5.25. The molecule has 3 aromatic carbocycles. The Morgan fingerprint density at radius 1 is 0.967 bits per heavy atom. The fourth-order valence-corrected chi connectivity index (χ4v) is 2.75. The first-order chi connectivity index (χ1) is 14.6. The number of para-hydroxylation sites is 3. The summed E-state index contributed by atoms with van der Waals surface area (Å²) in [5, 5.41) is 20.4. The number of amides is 1. The Bertz CT molecular complexity index is 1070. The minimum Gasteiger partial charge on any atom is -0.495 e. The Hall–Kier alpha value is -3.84. The Balaban J connectivity index is 1.95. The van der Waals surface area contributed by atoms with Crippen LogP contribution in [0.25, 0.3) is 0 Å². The monoisotopic (exact) mass is 422 g/mol. The van der Waals surface area contributed by atoms with Gasteiger partial charge in [0.15, 0.2) is 5.71 Å². The first-order valence-corrected chi connectivity index (χ1v) is 9.31. The maximum Gasteiger partial charge on any atom is 0.280 e. The molecule has 0 fully saturated rings. The summed E-state index contributed by atoms with van der Waals surface area (Å²) in [6, 6.07) is 22.7. The molecule has 0 aliphatic rings. The molecule has 3 N–H and O–H groups in total. The van der Waals surface area contributed by atoms with Crippen molar-refractivity contribution in [1.29, 1.82) is 0 Å². The lowest BCUT2D eigenvalue weighted by molar-refractivity contribution is -0.110. The molecule has 3 aromatic rings. The molecule has 0 aliphatic heterocycles. The van der Waals surface area contributed by atoms with E-state index < -0.39 is 5.91 Å². The zero-order valence-electron chi connectivity index (χ0n) is 16.0. The second-order valence-corrected chi connectivity index (χ2v) is 6.48. The molecule has 0 atom stereocenters. The van der Waals surface area contributed by atoms with Crippen molar-refractivity contribution in [2.45, 2.75) is 0 Å². The van der Waals surface area contributed by atoms with Crippen LogP contribution in [0.3, 0.4) is 0 Å². The summed E-state index contributed by atoms with van der Waals surface area (Å²) in [6.45, 7) is 0. The van der Waals surface area contributed by atoms with Gasteiger partial charge in [0.05, 0.1) is 18.5 Å². The number of carbonyl (C=O) groups is 1. The van der Waals surface area contributed by atoms with Crippen molar-refractivity contribution < 1.29 is 14.7 Å². The zero-order valence-corrected chi connectivity index (χ0v) is 16.8. The van der Waals surface area contributed by atoms with Crippen molar-refractivity contribution in [2.75, 3.05) is 17.9 Å².